The number of hydrogen-bond acceptors (Lipinski definition) is 4. The zero-order valence-corrected chi connectivity index (χ0v) is 15.0. The Morgan fingerprint density at radius 3 is 2.96 bits per heavy atom. The maximum Gasteiger partial charge on any atom is 0.246 e. The van der Waals surface area contributed by atoms with E-state index in [4.69, 9.17) is 4.74 Å². The van der Waals surface area contributed by atoms with E-state index in [1.165, 1.54) is 7.11 Å². The molecule has 142 valence electrons. The monoisotopic (exact) mass is 370 g/mol. The number of aromatic amines is 1. The van der Waals surface area contributed by atoms with Gasteiger partial charge in [-0.15, -0.1) is 0 Å². The highest BCUT2D eigenvalue weighted by Gasteiger charge is 2.48. The van der Waals surface area contributed by atoms with Gasteiger partial charge in [-0.1, -0.05) is 18.2 Å². The minimum atomic E-state index is -0.655. The minimum absolute atomic E-state index is 0.0675. The van der Waals surface area contributed by atoms with Crippen molar-refractivity contribution in [2.45, 2.75) is 31.0 Å². The molecule has 0 aliphatic carbocycles. The molecule has 0 radical (unpaired) electrons. The number of ether oxygens (including phenoxy) is 1. The first kappa shape index (κ1) is 17.5. The molecule has 3 N–H and O–H groups in total. The Hall–Kier alpha value is -2.87. The molecule has 2 saturated heterocycles. The van der Waals surface area contributed by atoms with E-state index in [-0.39, 0.29) is 30.4 Å². The van der Waals surface area contributed by atoms with Gasteiger partial charge in [-0.3, -0.25) is 14.4 Å². The van der Waals surface area contributed by atoms with Gasteiger partial charge in [0.2, 0.25) is 17.7 Å². The van der Waals surface area contributed by atoms with E-state index < -0.39 is 12.1 Å². The number of fused-ring (bicyclic) bond motifs is 2. The van der Waals surface area contributed by atoms with Crippen LogP contribution in [-0.4, -0.2) is 66.0 Å². The number of nitrogens with zero attached hydrogens (tertiary/aromatic N) is 1. The molecule has 8 nitrogen and oxygen atoms in total. The van der Waals surface area contributed by atoms with Crippen molar-refractivity contribution in [2.75, 3.05) is 20.3 Å². The van der Waals surface area contributed by atoms with Gasteiger partial charge in [-0.05, 0) is 18.1 Å². The van der Waals surface area contributed by atoms with Crippen LogP contribution in [0.5, 0.6) is 0 Å². The molecule has 2 aliphatic heterocycles. The van der Waals surface area contributed by atoms with Crippen LogP contribution in [-0.2, 0) is 25.5 Å². The number of amides is 3. The van der Waals surface area contributed by atoms with Crippen LogP contribution in [0.1, 0.15) is 12.0 Å². The molecule has 3 amide bonds. The fraction of sp³-hybridized carbons (Fsp3) is 0.421. The molecule has 27 heavy (non-hydrogen) atoms. The lowest BCUT2D eigenvalue weighted by Crippen LogP contribution is -2.65. The summed E-state index contributed by atoms with van der Waals surface area (Å²) >= 11 is 0. The number of carbonyl (C=O) groups is 3. The molecule has 0 bridgehead atoms. The zero-order valence-electron chi connectivity index (χ0n) is 15.0. The van der Waals surface area contributed by atoms with Gasteiger partial charge < -0.3 is 25.3 Å². The third-order valence-electron chi connectivity index (χ3n) is 5.28. The third-order valence-corrected chi connectivity index (χ3v) is 5.28. The molecular weight excluding hydrogens is 348 g/mol. The third kappa shape index (κ3) is 3.16. The number of rotatable bonds is 5. The van der Waals surface area contributed by atoms with Crippen LogP contribution in [0, 0.1) is 0 Å². The van der Waals surface area contributed by atoms with Gasteiger partial charge in [0.25, 0.3) is 0 Å². The van der Waals surface area contributed by atoms with Crippen LogP contribution in [0.4, 0.5) is 0 Å². The SMILES string of the molecule is COCC(=O)N[C@H]1CCN2C(=O)[C@@H](Cc3c[nH]c4ccccc34)NC(=O)[C@H]12. The lowest BCUT2D eigenvalue weighted by Gasteiger charge is -2.36. The summed E-state index contributed by atoms with van der Waals surface area (Å²) in [6.07, 6.45) is 2.87. The summed E-state index contributed by atoms with van der Waals surface area (Å²) in [6, 6.07) is 6.23. The summed E-state index contributed by atoms with van der Waals surface area (Å²) in [5.74, 6) is -0.612. The second-order valence-corrected chi connectivity index (χ2v) is 7.00. The van der Waals surface area contributed by atoms with Crippen LogP contribution in [0.25, 0.3) is 10.9 Å². The van der Waals surface area contributed by atoms with Gasteiger partial charge in [0.15, 0.2) is 0 Å². The van der Waals surface area contributed by atoms with Crippen molar-refractivity contribution in [3.05, 3.63) is 36.0 Å². The smallest absolute Gasteiger partial charge is 0.246 e. The molecule has 2 fully saturated rings. The van der Waals surface area contributed by atoms with Gasteiger partial charge in [-0.2, -0.15) is 0 Å². The lowest BCUT2D eigenvalue weighted by atomic mass is 9.99. The van der Waals surface area contributed by atoms with E-state index in [0.717, 1.165) is 16.5 Å². The normalized spacial score (nSPS) is 24.8. The average molecular weight is 370 g/mol. The van der Waals surface area contributed by atoms with Crippen LogP contribution in [0.3, 0.4) is 0 Å². The molecule has 8 heteroatoms. The summed E-state index contributed by atoms with van der Waals surface area (Å²) < 4.78 is 4.81. The molecule has 1 aromatic carbocycles. The molecule has 2 aliphatic rings. The number of methoxy groups -OCH3 is 1. The van der Waals surface area contributed by atoms with Crippen LogP contribution < -0.4 is 10.6 Å². The van der Waals surface area contributed by atoms with E-state index in [0.29, 0.717) is 19.4 Å². The predicted molar refractivity (Wildman–Crippen MR) is 97.9 cm³/mol. The first-order chi connectivity index (χ1) is 13.1. The number of piperazine rings is 1. The van der Waals surface area contributed by atoms with Crippen LogP contribution in [0.15, 0.2) is 30.5 Å². The van der Waals surface area contributed by atoms with E-state index in [1.807, 2.05) is 30.5 Å². The molecule has 0 spiro atoms. The Labute approximate surface area is 156 Å². The van der Waals surface area contributed by atoms with E-state index in [2.05, 4.69) is 15.6 Å². The first-order valence-electron chi connectivity index (χ1n) is 9.02. The highest BCUT2D eigenvalue weighted by atomic mass is 16.5. The van der Waals surface area contributed by atoms with Crippen molar-refractivity contribution in [1.82, 2.24) is 20.5 Å². The number of aromatic nitrogens is 1. The van der Waals surface area contributed by atoms with Gasteiger partial charge in [0.1, 0.15) is 18.7 Å². The quantitative estimate of drug-likeness (QED) is 0.686. The number of hydrogen-bond donors (Lipinski definition) is 3. The van der Waals surface area contributed by atoms with Gasteiger partial charge >= 0.3 is 0 Å². The standard InChI is InChI=1S/C19H22N4O4/c1-27-10-16(24)21-14-6-7-23-17(14)18(25)22-15(19(23)26)8-11-9-20-13-5-3-2-4-12(11)13/h2-5,9,14-15,17,20H,6-8,10H2,1H3,(H,21,24)(H,22,25)/t14-,15+,17-/m0/s1. The average Bonchev–Trinajstić information content (AvgIpc) is 3.25. The number of H-pyrrole nitrogens is 1. The molecule has 3 atom stereocenters. The Morgan fingerprint density at radius 1 is 1.33 bits per heavy atom. The summed E-state index contributed by atoms with van der Waals surface area (Å²) in [6.45, 7) is 0.390. The first-order valence-corrected chi connectivity index (χ1v) is 9.02. The topological polar surface area (TPSA) is 104 Å². The highest BCUT2D eigenvalue weighted by Crippen LogP contribution is 2.26. The number of benzene rings is 1. The zero-order chi connectivity index (χ0) is 19.0. The van der Waals surface area contributed by atoms with Gasteiger partial charge in [0, 0.05) is 37.2 Å². The number of carbonyl (C=O) groups excluding carboxylic acids is 3. The Kier molecular flexibility index (Phi) is 4.57. The highest BCUT2D eigenvalue weighted by molar-refractivity contribution is 5.99. The molecule has 0 saturated carbocycles. The summed E-state index contributed by atoms with van der Waals surface area (Å²) in [5.41, 5.74) is 1.99. The number of nitrogens with one attached hydrogen (secondary N) is 3. The summed E-state index contributed by atoms with van der Waals surface area (Å²) in [5, 5.41) is 6.69. The Balaban J connectivity index is 1.49. The van der Waals surface area contributed by atoms with Crippen molar-refractivity contribution in [3.8, 4) is 0 Å². The molecule has 1 aromatic heterocycles. The maximum atomic E-state index is 12.9. The second-order valence-electron chi connectivity index (χ2n) is 7.00. The molecule has 2 aromatic rings. The molecule has 4 rings (SSSR count). The van der Waals surface area contributed by atoms with Crippen LogP contribution in [0.2, 0.25) is 0 Å². The molecule has 0 unspecified atom stereocenters. The van der Waals surface area contributed by atoms with Crippen LogP contribution >= 0.6 is 0 Å². The second kappa shape index (κ2) is 7.03. The fourth-order valence-corrected chi connectivity index (χ4v) is 4.07. The van der Waals surface area contributed by atoms with Gasteiger partial charge in [0.05, 0.1) is 6.04 Å². The summed E-state index contributed by atoms with van der Waals surface area (Å²) in [7, 11) is 1.44. The van der Waals surface area contributed by atoms with E-state index in [9.17, 15) is 14.4 Å². The number of para-hydroxylation sites is 1. The molecule has 3 heterocycles. The largest absolute Gasteiger partial charge is 0.375 e. The Bertz CT molecular complexity index is 893. The van der Waals surface area contributed by atoms with Crippen molar-refractivity contribution >= 4 is 28.6 Å². The van der Waals surface area contributed by atoms with Crippen molar-refractivity contribution in [1.29, 1.82) is 0 Å². The minimum Gasteiger partial charge on any atom is -0.375 e. The maximum absolute atomic E-state index is 12.9. The Morgan fingerprint density at radius 2 is 2.15 bits per heavy atom. The van der Waals surface area contributed by atoms with Crippen molar-refractivity contribution in [3.63, 3.8) is 0 Å². The molecular formula is C19H22N4O4. The fourth-order valence-electron chi connectivity index (χ4n) is 4.07. The predicted octanol–water partition coefficient (Wildman–Crippen LogP) is -0.0591. The van der Waals surface area contributed by atoms with E-state index in [1.54, 1.807) is 4.90 Å². The van der Waals surface area contributed by atoms with Gasteiger partial charge in [-0.25, -0.2) is 0 Å². The van der Waals surface area contributed by atoms with Crippen molar-refractivity contribution in [2.24, 2.45) is 0 Å². The van der Waals surface area contributed by atoms with Crippen molar-refractivity contribution < 1.29 is 19.1 Å². The van der Waals surface area contributed by atoms with E-state index >= 15 is 0 Å². The summed E-state index contributed by atoms with van der Waals surface area (Å²) in [4.78, 5) is 42.2. The lowest BCUT2D eigenvalue weighted by molar-refractivity contribution is -0.147.